The van der Waals surface area contributed by atoms with E-state index in [1.807, 2.05) is 38.1 Å². The molecule has 152 valence electrons. The van der Waals surface area contributed by atoms with Crippen molar-refractivity contribution in [3.8, 4) is 10.4 Å². The van der Waals surface area contributed by atoms with Gasteiger partial charge >= 0.3 is 13.5 Å². The molecule has 0 radical (unpaired) electrons. The van der Waals surface area contributed by atoms with E-state index in [2.05, 4.69) is 0 Å². The second-order valence-electron chi connectivity index (χ2n) is 6.65. The Morgan fingerprint density at radius 1 is 1.14 bits per heavy atom. The highest BCUT2D eigenvalue weighted by molar-refractivity contribution is 7.68. The Balaban J connectivity index is 2.13. The maximum Gasteiger partial charge on any atom is 0.348 e. The van der Waals surface area contributed by atoms with Gasteiger partial charge in [-0.2, -0.15) is 0 Å². The lowest BCUT2D eigenvalue weighted by molar-refractivity contribution is 0.0703. The van der Waals surface area contributed by atoms with Crippen LogP contribution in [0.4, 0.5) is 5.69 Å². The molecule has 1 unspecified atom stereocenters. The normalized spacial score (nSPS) is 13.1. The third-order valence-corrected chi connectivity index (χ3v) is 8.71. The minimum atomic E-state index is -3.52. The number of hydrogen-bond acceptors (Lipinski definition) is 4. The van der Waals surface area contributed by atoms with Gasteiger partial charge in [0.05, 0.1) is 11.0 Å². The van der Waals surface area contributed by atoms with E-state index in [0.29, 0.717) is 16.0 Å². The summed E-state index contributed by atoms with van der Waals surface area (Å²) in [4.78, 5) is 12.8. The summed E-state index contributed by atoms with van der Waals surface area (Å²) in [5.41, 5.74) is 3.05. The molecule has 0 spiro atoms. The Kier molecular flexibility index (Phi) is 6.20. The van der Waals surface area contributed by atoms with Gasteiger partial charge in [0.1, 0.15) is 4.88 Å². The third-order valence-electron chi connectivity index (χ3n) is 4.68. The van der Waals surface area contributed by atoms with Gasteiger partial charge in [-0.1, -0.05) is 41.4 Å². The maximum absolute atomic E-state index is 13.9. The predicted octanol–water partition coefficient (Wildman–Crippen LogP) is 5.98. The number of carboxylic acids is 1. The zero-order valence-electron chi connectivity index (χ0n) is 16.5. The number of benzene rings is 2. The fourth-order valence-electron chi connectivity index (χ4n) is 3.18. The van der Waals surface area contributed by atoms with Crippen molar-refractivity contribution < 1.29 is 19.0 Å². The number of rotatable bonds is 6. The quantitative estimate of drug-likeness (QED) is 0.468. The highest BCUT2D eigenvalue weighted by Gasteiger charge is 2.35. The third kappa shape index (κ3) is 4.12. The molecule has 3 aromatic rings. The molecule has 1 aromatic heterocycles. The van der Waals surface area contributed by atoms with Crippen molar-refractivity contribution in [1.82, 2.24) is 0 Å². The molecule has 2 aromatic carbocycles. The molecule has 1 N–H and O–H groups in total. The summed E-state index contributed by atoms with van der Waals surface area (Å²) in [5, 5.41) is 10.9. The molecular formula is C21H21ClNO4PS. The summed E-state index contributed by atoms with van der Waals surface area (Å²) in [7, 11) is -0.541. The highest BCUT2D eigenvalue weighted by Crippen LogP contribution is 2.53. The Morgan fingerprint density at radius 3 is 2.34 bits per heavy atom. The lowest BCUT2D eigenvalue weighted by Gasteiger charge is -2.29. The van der Waals surface area contributed by atoms with Gasteiger partial charge in [0.15, 0.2) is 0 Å². The average Bonchev–Trinajstić information content (AvgIpc) is 3.13. The number of nitrogens with zero attached hydrogens (tertiary/aromatic N) is 1. The van der Waals surface area contributed by atoms with Crippen molar-refractivity contribution in [2.45, 2.75) is 13.8 Å². The number of hydrogen-bond donors (Lipinski definition) is 1. The molecule has 3 rings (SSSR count). The topological polar surface area (TPSA) is 66.8 Å². The fraction of sp³-hybridized carbons (Fsp3) is 0.190. The second-order valence-corrected chi connectivity index (χ2v) is 10.6. The zero-order chi connectivity index (χ0) is 21.3. The largest absolute Gasteiger partial charge is 0.477 e. The Bertz CT molecular complexity index is 1110. The lowest BCUT2D eigenvalue weighted by Crippen LogP contribution is -2.25. The molecule has 5 nitrogen and oxygen atoms in total. The molecule has 0 saturated carbocycles. The number of thiophene rings is 1. The fourth-order valence-corrected chi connectivity index (χ4v) is 6.38. The molecule has 0 aliphatic heterocycles. The average molecular weight is 450 g/mol. The molecule has 29 heavy (non-hydrogen) atoms. The van der Waals surface area contributed by atoms with Crippen LogP contribution in [0, 0.1) is 13.8 Å². The van der Waals surface area contributed by atoms with Crippen molar-refractivity contribution in [3.05, 3.63) is 69.6 Å². The number of anilines is 1. The predicted molar refractivity (Wildman–Crippen MR) is 120 cm³/mol. The summed E-state index contributed by atoms with van der Waals surface area (Å²) < 4.78 is 20.8. The molecule has 8 heteroatoms. The van der Waals surface area contributed by atoms with Crippen LogP contribution in [-0.4, -0.2) is 25.2 Å². The van der Waals surface area contributed by atoms with Gasteiger partial charge in [0.25, 0.3) is 0 Å². The molecular weight excluding hydrogens is 429 g/mol. The van der Waals surface area contributed by atoms with Gasteiger partial charge in [-0.25, -0.2) is 4.79 Å². The monoisotopic (exact) mass is 449 g/mol. The van der Waals surface area contributed by atoms with Crippen LogP contribution in [0.25, 0.3) is 10.4 Å². The number of halogens is 1. The van der Waals surface area contributed by atoms with Gasteiger partial charge in [0.2, 0.25) is 0 Å². The van der Waals surface area contributed by atoms with Crippen molar-refractivity contribution >= 4 is 47.4 Å². The van der Waals surface area contributed by atoms with E-state index in [1.165, 1.54) is 11.8 Å². The minimum Gasteiger partial charge on any atom is -0.477 e. The van der Waals surface area contributed by atoms with Crippen LogP contribution in [-0.2, 0) is 9.09 Å². The van der Waals surface area contributed by atoms with E-state index in [1.54, 1.807) is 31.3 Å². The first-order chi connectivity index (χ1) is 13.7. The first kappa shape index (κ1) is 21.6. The van der Waals surface area contributed by atoms with Crippen molar-refractivity contribution in [1.29, 1.82) is 0 Å². The second kappa shape index (κ2) is 8.33. The van der Waals surface area contributed by atoms with E-state index >= 15 is 0 Å². The van der Waals surface area contributed by atoms with E-state index in [0.717, 1.165) is 32.9 Å². The Hall–Kier alpha value is -2.11. The molecule has 0 aliphatic rings. The molecule has 0 aliphatic carbocycles. The van der Waals surface area contributed by atoms with Gasteiger partial charge in [0, 0.05) is 24.1 Å². The summed E-state index contributed by atoms with van der Waals surface area (Å²) in [6, 6.07) is 14.4. The highest BCUT2D eigenvalue weighted by atomic mass is 35.5. The zero-order valence-corrected chi connectivity index (χ0v) is 18.9. The SMILES string of the molecule is COP(=O)(c1ccc(C)cc1C)N(C)c1cc(-c2ccc(Cl)cc2)sc1C(=O)O. The summed E-state index contributed by atoms with van der Waals surface area (Å²) in [6.45, 7) is 3.82. The standard InChI is InChI=1S/C21H21ClNO4PS/c1-13-5-10-18(14(2)11-13)28(26,27-4)23(3)17-12-19(29-20(17)21(24)25)15-6-8-16(22)9-7-15/h5-12H,1-4H3,(H,24,25). The number of aryl methyl sites for hydroxylation is 2. The number of carboxylic acid groups (broad SMARTS) is 1. The van der Waals surface area contributed by atoms with Crippen LogP contribution in [0.3, 0.4) is 0 Å². The van der Waals surface area contributed by atoms with Gasteiger partial charge in [-0.05, 0) is 49.2 Å². The molecule has 0 saturated heterocycles. The van der Waals surface area contributed by atoms with Crippen LogP contribution >= 0.6 is 30.5 Å². The van der Waals surface area contributed by atoms with E-state index in [4.69, 9.17) is 16.1 Å². The van der Waals surface area contributed by atoms with E-state index < -0.39 is 13.5 Å². The van der Waals surface area contributed by atoms with Crippen LogP contribution in [0.15, 0.2) is 48.5 Å². The summed E-state index contributed by atoms with van der Waals surface area (Å²) >= 11 is 7.08. The van der Waals surface area contributed by atoms with Crippen molar-refractivity contribution in [2.75, 3.05) is 18.8 Å². The Labute approximate surface area is 179 Å². The molecule has 1 atom stereocenters. The number of carbonyl (C=O) groups is 1. The van der Waals surface area contributed by atoms with Crippen molar-refractivity contribution in [2.24, 2.45) is 0 Å². The van der Waals surface area contributed by atoms with Crippen LogP contribution < -0.4 is 9.97 Å². The van der Waals surface area contributed by atoms with Crippen LogP contribution in [0.5, 0.6) is 0 Å². The van der Waals surface area contributed by atoms with Gasteiger partial charge in [-0.3, -0.25) is 9.24 Å². The number of aromatic carboxylic acids is 1. The molecule has 0 amide bonds. The Morgan fingerprint density at radius 2 is 1.79 bits per heavy atom. The van der Waals surface area contributed by atoms with E-state index in [-0.39, 0.29) is 4.88 Å². The first-order valence-corrected chi connectivity index (χ1v) is 11.6. The molecule has 0 bridgehead atoms. The lowest BCUT2D eigenvalue weighted by atomic mass is 10.2. The van der Waals surface area contributed by atoms with Gasteiger partial charge < -0.3 is 9.63 Å². The minimum absolute atomic E-state index is 0.0967. The first-order valence-electron chi connectivity index (χ1n) is 8.78. The summed E-state index contributed by atoms with van der Waals surface area (Å²) in [6.07, 6.45) is 0. The smallest absolute Gasteiger partial charge is 0.348 e. The van der Waals surface area contributed by atoms with E-state index in [9.17, 15) is 14.5 Å². The van der Waals surface area contributed by atoms with Crippen LogP contribution in [0.2, 0.25) is 5.02 Å². The van der Waals surface area contributed by atoms with Gasteiger partial charge in [-0.15, -0.1) is 11.3 Å². The van der Waals surface area contributed by atoms with Crippen LogP contribution in [0.1, 0.15) is 20.8 Å². The molecule has 1 heterocycles. The molecule has 0 fully saturated rings. The van der Waals surface area contributed by atoms with Crippen molar-refractivity contribution in [3.63, 3.8) is 0 Å². The maximum atomic E-state index is 13.9. The summed E-state index contributed by atoms with van der Waals surface area (Å²) in [5.74, 6) is -1.08.